The third-order valence-corrected chi connectivity index (χ3v) is 6.18. The maximum absolute atomic E-state index is 14.5. The summed E-state index contributed by atoms with van der Waals surface area (Å²) in [5, 5.41) is 10.6. The van der Waals surface area contributed by atoms with E-state index >= 15 is 0 Å². The molecule has 0 spiro atoms. The average Bonchev–Trinajstić information content (AvgIpc) is 3.43. The smallest absolute Gasteiger partial charge is 0.168 e. The summed E-state index contributed by atoms with van der Waals surface area (Å²) in [4.78, 5) is 20.1. The van der Waals surface area contributed by atoms with Crippen molar-refractivity contribution in [1.82, 2.24) is 39.6 Å². The Labute approximate surface area is 188 Å². The van der Waals surface area contributed by atoms with Crippen LogP contribution in [-0.2, 0) is 0 Å². The first-order valence-electron chi connectivity index (χ1n) is 10.9. The van der Waals surface area contributed by atoms with Gasteiger partial charge in [-0.2, -0.15) is 5.10 Å². The number of nitrogens with zero attached hydrogens (tertiary/aromatic N) is 7. The molecule has 0 radical (unpaired) electrons. The highest BCUT2D eigenvalue weighted by Gasteiger charge is 2.23. The van der Waals surface area contributed by atoms with Gasteiger partial charge in [0.2, 0.25) is 0 Å². The minimum Gasteiger partial charge on any atom is -0.325 e. The highest BCUT2D eigenvalue weighted by Crippen LogP contribution is 2.29. The summed E-state index contributed by atoms with van der Waals surface area (Å²) < 4.78 is 16.5. The number of aromatic amines is 1. The van der Waals surface area contributed by atoms with Gasteiger partial charge in [0, 0.05) is 36.3 Å². The standard InChI is InChI=1S/C23H22FN9/c1-32-9-5-14(6-10-32)33-13-16(24)22-23(33)29-20(12-27-22)28-19-11-18(30-31-19)15-4-8-25-17-3-2-7-26-21(15)17/h2-4,7-8,11-14H,5-6,9-10H2,1H3,(H2,28,29,30,31). The molecule has 1 fully saturated rings. The van der Waals surface area contributed by atoms with Gasteiger partial charge in [-0.1, -0.05) is 0 Å². The number of hydrogen-bond acceptors (Lipinski definition) is 7. The van der Waals surface area contributed by atoms with E-state index in [-0.39, 0.29) is 17.4 Å². The molecule has 6 rings (SSSR count). The molecular formula is C23H22FN9. The second-order valence-electron chi connectivity index (χ2n) is 8.37. The zero-order valence-electron chi connectivity index (χ0n) is 18.0. The van der Waals surface area contributed by atoms with Crippen LogP contribution >= 0.6 is 0 Å². The number of anilines is 2. The Hall–Kier alpha value is -3.92. The number of nitrogens with one attached hydrogen (secondary N) is 2. The number of H-pyrrole nitrogens is 1. The van der Waals surface area contributed by atoms with Gasteiger partial charge in [0.25, 0.3) is 0 Å². The number of rotatable bonds is 4. The molecule has 0 unspecified atom stereocenters. The fourth-order valence-electron chi connectivity index (χ4n) is 4.44. The average molecular weight is 443 g/mol. The second-order valence-corrected chi connectivity index (χ2v) is 8.37. The molecule has 33 heavy (non-hydrogen) atoms. The number of fused-ring (bicyclic) bond motifs is 2. The molecule has 0 atom stereocenters. The van der Waals surface area contributed by atoms with Crippen LogP contribution in [0.5, 0.6) is 0 Å². The molecule has 1 saturated heterocycles. The van der Waals surface area contributed by atoms with Gasteiger partial charge in [-0.05, 0) is 51.2 Å². The van der Waals surface area contributed by atoms with Crippen LogP contribution in [0.1, 0.15) is 18.9 Å². The van der Waals surface area contributed by atoms with E-state index in [0.29, 0.717) is 17.3 Å². The predicted octanol–water partition coefficient (Wildman–Crippen LogP) is 3.91. The summed E-state index contributed by atoms with van der Waals surface area (Å²) >= 11 is 0. The van der Waals surface area contributed by atoms with Gasteiger partial charge in [-0.15, -0.1) is 0 Å². The zero-order chi connectivity index (χ0) is 22.4. The lowest BCUT2D eigenvalue weighted by Gasteiger charge is -2.30. The van der Waals surface area contributed by atoms with Crippen molar-refractivity contribution in [2.75, 3.05) is 25.5 Å². The number of halogens is 1. The Bertz CT molecular complexity index is 1440. The lowest BCUT2D eigenvalue weighted by molar-refractivity contribution is 0.223. The molecule has 6 heterocycles. The summed E-state index contributed by atoms with van der Waals surface area (Å²) in [6, 6.07) is 7.77. The highest BCUT2D eigenvalue weighted by molar-refractivity contribution is 5.90. The van der Waals surface area contributed by atoms with Crippen LogP contribution < -0.4 is 5.32 Å². The van der Waals surface area contributed by atoms with Crippen molar-refractivity contribution in [2.24, 2.45) is 0 Å². The summed E-state index contributed by atoms with van der Waals surface area (Å²) in [5.74, 6) is 0.741. The third-order valence-electron chi connectivity index (χ3n) is 6.18. The maximum Gasteiger partial charge on any atom is 0.168 e. The van der Waals surface area contributed by atoms with Crippen LogP contribution in [0.25, 0.3) is 33.5 Å². The summed E-state index contributed by atoms with van der Waals surface area (Å²) in [6.45, 7) is 1.96. The van der Waals surface area contributed by atoms with Crippen LogP contribution in [0, 0.1) is 5.82 Å². The van der Waals surface area contributed by atoms with Gasteiger partial charge >= 0.3 is 0 Å². The Morgan fingerprint density at radius 1 is 1.06 bits per heavy atom. The zero-order valence-corrected chi connectivity index (χ0v) is 18.0. The van der Waals surface area contributed by atoms with Crippen LogP contribution in [0.2, 0.25) is 0 Å². The van der Waals surface area contributed by atoms with Crippen LogP contribution in [0.3, 0.4) is 0 Å². The van der Waals surface area contributed by atoms with Crippen LogP contribution in [0.4, 0.5) is 16.0 Å². The van der Waals surface area contributed by atoms with Crippen molar-refractivity contribution >= 4 is 33.8 Å². The molecule has 0 saturated carbocycles. The van der Waals surface area contributed by atoms with Crippen molar-refractivity contribution < 1.29 is 4.39 Å². The summed E-state index contributed by atoms with van der Waals surface area (Å²) in [6.07, 6.45) is 8.46. The van der Waals surface area contributed by atoms with Crippen molar-refractivity contribution in [3.8, 4) is 11.3 Å². The number of likely N-dealkylation sites (tertiary alicyclic amines) is 1. The number of hydrogen-bond donors (Lipinski definition) is 2. The first kappa shape index (κ1) is 19.7. The van der Waals surface area contributed by atoms with Crippen LogP contribution in [0.15, 0.2) is 49.1 Å². The van der Waals surface area contributed by atoms with E-state index in [1.807, 2.05) is 28.8 Å². The monoisotopic (exact) mass is 443 g/mol. The molecule has 10 heteroatoms. The number of pyridine rings is 2. The lowest BCUT2D eigenvalue weighted by Crippen LogP contribution is -2.31. The fraction of sp³-hybridized carbons (Fsp3) is 0.261. The lowest BCUT2D eigenvalue weighted by atomic mass is 10.1. The first-order chi connectivity index (χ1) is 16.2. The van der Waals surface area contributed by atoms with E-state index in [1.165, 1.54) is 12.4 Å². The maximum atomic E-state index is 14.5. The third kappa shape index (κ3) is 3.58. The molecule has 0 aromatic carbocycles. The molecular weight excluding hydrogens is 421 g/mol. The molecule has 0 aliphatic carbocycles. The van der Waals surface area contributed by atoms with Gasteiger partial charge in [0.15, 0.2) is 23.1 Å². The second kappa shape index (κ2) is 7.89. The van der Waals surface area contributed by atoms with Crippen molar-refractivity contribution in [1.29, 1.82) is 0 Å². The molecule has 2 N–H and O–H groups in total. The van der Waals surface area contributed by atoms with E-state index in [9.17, 15) is 4.39 Å². The largest absolute Gasteiger partial charge is 0.325 e. The Kier molecular flexibility index (Phi) is 4.72. The van der Waals surface area contributed by atoms with E-state index in [1.54, 1.807) is 12.4 Å². The minimum absolute atomic E-state index is 0.210. The quantitative estimate of drug-likeness (QED) is 0.434. The fourth-order valence-corrected chi connectivity index (χ4v) is 4.44. The number of aromatic nitrogens is 7. The van der Waals surface area contributed by atoms with Gasteiger partial charge in [-0.25, -0.2) is 14.4 Å². The molecule has 0 bridgehead atoms. The van der Waals surface area contributed by atoms with Gasteiger partial charge < -0.3 is 14.8 Å². The Balaban J connectivity index is 1.31. The van der Waals surface area contributed by atoms with Gasteiger partial charge in [-0.3, -0.25) is 15.1 Å². The summed E-state index contributed by atoms with van der Waals surface area (Å²) in [7, 11) is 2.11. The van der Waals surface area contributed by atoms with Crippen LogP contribution in [-0.4, -0.2) is 59.7 Å². The molecule has 1 aliphatic rings. The first-order valence-corrected chi connectivity index (χ1v) is 10.9. The molecule has 0 amide bonds. The van der Waals surface area contributed by atoms with E-state index in [4.69, 9.17) is 0 Å². The highest BCUT2D eigenvalue weighted by atomic mass is 19.1. The normalized spacial score (nSPS) is 15.5. The Morgan fingerprint density at radius 2 is 1.94 bits per heavy atom. The van der Waals surface area contributed by atoms with E-state index < -0.39 is 0 Å². The van der Waals surface area contributed by atoms with Crippen molar-refractivity contribution in [3.63, 3.8) is 0 Å². The minimum atomic E-state index is -0.345. The molecule has 9 nitrogen and oxygen atoms in total. The molecule has 166 valence electrons. The summed E-state index contributed by atoms with van der Waals surface area (Å²) in [5.41, 5.74) is 4.15. The van der Waals surface area contributed by atoms with E-state index in [0.717, 1.165) is 48.2 Å². The topological polar surface area (TPSA) is 100 Å². The van der Waals surface area contributed by atoms with Gasteiger partial charge in [0.05, 0.1) is 22.9 Å². The molecule has 5 aromatic heterocycles. The van der Waals surface area contributed by atoms with Gasteiger partial charge in [0.1, 0.15) is 5.52 Å². The molecule has 1 aliphatic heterocycles. The van der Waals surface area contributed by atoms with Crippen molar-refractivity contribution in [3.05, 3.63) is 54.9 Å². The van der Waals surface area contributed by atoms with Crippen molar-refractivity contribution in [2.45, 2.75) is 18.9 Å². The predicted molar refractivity (Wildman–Crippen MR) is 124 cm³/mol. The van der Waals surface area contributed by atoms with E-state index in [2.05, 4.69) is 47.4 Å². The Morgan fingerprint density at radius 3 is 2.82 bits per heavy atom. The SMILES string of the molecule is CN1CCC(n2cc(F)c3ncc(Nc4cc(-c5ccnc6cccnc56)[nH]n4)nc32)CC1. The number of piperidine rings is 1. The molecule has 5 aromatic rings.